The second-order valence-electron chi connectivity index (χ2n) is 4.18. The Morgan fingerprint density at radius 3 is 3.25 bits per heavy atom. The molecule has 0 spiro atoms. The molecule has 0 radical (unpaired) electrons. The van der Waals surface area contributed by atoms with E-state index in [1.165, 1.54) is 6.42 Å². The van der Waals surface area contributed by atoms with Gasteiger partial charge in [-0.2, -0.15) is 5.26 Å². The van der Waals surface area contributed by atoms with Crippen LogP contribution in [0.25, 0.3) is 0 Å². The highest BCUT2D eigenvalue weighted by Crippen LogP contribution is 2.23. The lowest BCUT2D eigenvalue weighted by Gasteiger charge is -2.33. The summed E-state index contributed by atoms with van der Waals surface area (Å²) in [4.78, 5) is 6.48. The Labute approximate surface area is 95.7 Å². The highest BCUT2D eigenvalue weighted by atomic mass is 15.2. The van der Waals surface area contributed by atoms with Crippen molar-refractivity contribution in [3.63, 3.8) is 0 Å². The molecule has 1 aliphatic rings. The molecule has 2 rings (SSSR count). The zero-order valence-electron chi connectivity index (χ0n) is 9.26. The second-order valence-corrected chi connectivity index (χ2v) is 4.18. The summed E-state index contributed by atoms with van der Waals surface area (Å²) in [6.45, 7) is 2.61. The lowest BCUT2D eigenvalue weighted by molar-refractivity contribution is 0.421. The molecular weight excluding hydrogens is 200 g/mol. The van der Waals surface area contributed by atoms with E-state index in [9.17, 15) is 0 Å². The first-order valence-corrected chi connectivity index (χ1v) is 5.65. The van der Waals surface area contributed by atoms with Crippen molar-refractivity contribution in [2.24, 2.45) is 11.7 Å². The summed E-state index contributed by atoms with van der Waals surface area (Å²) in [6, 6.07) is 5.80. The van der Waals surface area contributed by atoms with Crippen LogP contribution in [0.3, 0.4) is 0 Å². The molecule has 0 aromatic carbocycles. The van der Waals surface area contributed by atoms with Gasteiger partial charge in [-0.25, -0.2) is 4.98 Å². The van der Waals surface area contributed by atoms with Crippen LogP contribution in [-0.4, -0.2) is 24.6 Å². The van der Waals surface area contributed by atoms with Crippen LogP contribution in [0.2, 0.25) is 0 Å². The van der Waals surface area contributed by atoms with Gasteiger partial charge in [0.15, 0.2) is 0 Å². The summed E-state index contributed by atoms with van der Waals surface area (Å²) in [5.74, 6) is 1.34. The summed E-state index contributed by atoms with van der Waals surface area (Å²) >= 11 is 0. The third kappa shape index (κ3) is 2.15. The van der Waals surface area contributed by atoms with Crippen molar-refractivity contribution < 1.29 is 0 Å². The summed E-state index contributed by atoms with van der Waals surface area (Å²) < 4.78 is 0. The average Bonchev–Trinajstić information content (AvgIpc) is 2.38. The van der Waals surface area contributed by atoms with Crippen molar-refractivity contribution in [1.29, 1.82) is 5.26 Å². The van der Waals surface area contributed by atoms with E-state index < -0.39 is 0 Å². The van der Waals surface area contributed by atoms with Gasteiger partial charge in [-0.05, 0) is 37.4 Å². The molecule has 4 nitrogen and oxygen atoms in total. The van der Waals surface area contributed by atoms with Gasteiger partial charge >= 0.3 is 0 Å². The van der Waals surface area contributed by atoms with Crippen LogP contribution < -0.4 is 10.6 Å². The molecule has 1 fully saturated rings. The highest BCUT2D eigenvalue weighted by molar-refractivity contribution is 5.53. The smallest absolute Gasteiger partial charge is 0.146 e. The molecule has 0 unspecified atom stereocenters. The molecule has 0 aliphatic carbocycles. The first-order chi connectivity index (χ1) is 7.85. The van der Waals surface area contributed by atoms with Gasteiger partial charge < -0.3 is 10.6 Å². The van der Waals surface area contributed by atoms with Gasteiger partial charge in [0.25, 0.3) is 0 Å². The number of nitrogens with zero attached hydrogens (tertiary/aromatic N) is 3. The summed E-state index contributed by atoms with van der Waals surface area (Å²) in [7, 11) is 0. The van der Waals surface area contributed by atoms with Crippen molar-refractivity contribution in [2.45, 2.75) is 12.8 Å². The molecule has 2 heterocycles. The number of rotatable bonds is 2. The van der Waals surface area contributed by atoms with Gasteiger partial charge in [-0.15, -0.1) is 0 Å². The van der Waals surface area contributed by atoms with Crippen molar-refractivity contribution in [1.82, 2.24) is 4.98 Å². The second kappa shape index (κ2) is 4.95. The number of nitriles is 1. The fraction of sp³-hybridized carbons (Fsp3) is 0.500. The van der Waals surface area contributed by atoms with E-state index in [1.807, 2.05) is 6.07 Å². The lowest BCUT2D eigenvalue weighted by atomic mass is 9.98. The minimum atomic E-state index is 0.530. The van der Waals surface area contributed by atoms with E-state index in [1.54, 1.807) is 12.3 Å². The first kappa shape index (κ1) is 10.9. The normalized spacial score (nSPS) is 20.5. The number of nitrogens with two attached hydrogens (primary N) is 1. The Morgan fingerprint density at radius 2 is 2.50 bits per heavy atom. The fourth-order valence-electron chi connectivity index (χ4n) is 2.19. The number of hydrogen-bond donors (Lipinski definition) is 1. The van der Waals surface area contributed by atoms with E-state index in [0.29, 0.717) is 18.0 Å². The van der Waals surface area contributed by atoms with Crippen molar-refractivity contribution in [2.75, 3.05) is 24.5 Å². The number of hydrogen-bond acceptors (Lipinski definition) is 4. The Balaban J connectivity index is 2.20. The Morgan fingerprint density at radius 1 is 1.62 bits per heavy atom. The third-order valence-electron chi connectivity index (χ3n) is 3.06. The molecule has 2 N–H and O–H groups in total. The van der Waals surface area contributed by atoms with E-state index in [0.717, 1.165) is 25.3 Å². The Kier molecular flexibility index (Phi) is 3.37. The van der Waals surface area contributed by atoms with Crippen LogP contribution >= 0.6 is 0 Å². The maximum Gasteiger partial charge on any atom is 0.146 e. The van der Waals surface area contributed by atoms with Crippen molar-refractivity contribution >= 4 is 5.82 Å². The molecule has 1 atom stereocenters. The number of pyridine rings is 1. The molecule has 1 aliphatic heterocycles. The van der Waals surface area contributed by atoms with E-state index in [-0.39, 0.29) is 0 Å². The predicted molar refractivity (Wildman–Crippen MR) is 62.9 cm³/mol. The van der Waals surface area contributed by atoms with Crippen LogP contribution in [0.5, 0.6) is 0 Å². The van der Waals surface area contributed by atoms with Gasteiger partial charge in [-0.1, -0.05) is 0 Å². The van der Waals surface area contributed by atoms with E-state index >= 15 is 0 Å². The Bertz CT molecular complexity index is 396. The van der Waals surface area contributed by atoms with Crippen molar-refractivity contribution in [3.05, 3.63) is 23.9 Å². The summed E-state index contributed by atoms with van der Waals surface area (Å²) in [6.07, 6.45) is 4.05. The summed E-state index contributed by atoms with van der Waals surface area (Å²) in [5.41, 5.74) is 6.35. The van der Waals surface area contributed by atoms with Gasteiger partial charge in [0.05, 0.1) is 5.56 Å². The van der Waals surface area contributed by atoms with E-state index in [4.69, 9.17) is 11.0 Å². The minimum absolute atomic E-state index is 0.530. The van der Waals surface area contributed by atoms with Crippen LogP contribution in [0.4, 0.5) is 5.82 Å². The number of piperidine rings is 1. The van der Waals surface area contributed by atoms with Gasteiger partial charge in [0.1, 0.15) is 11.9 Å². The quantitative estimate of drug-likeness (QED) is 0.804. The zero-order chi connectivity index (χ0) is 11.4. The molecule has 0 amide bonds. The first-order valence-electron chi connectivity index (χ1n) is 5.65. The standard InChI is InChI=1S/C12H16N4/c13-7-10-3-2-6-16(9-10)12-11(8-14)4-1-5-15-12/h1,4-5,10H,2-3,6-7,9,13H2/t10-/m1/s1. The third-order valence-corrected chi connectivity index (χ3v) is 3.06. The molecule has 1 saturated heterocycles. The van der Waals surface area contributed by atoms with Crippen LogP contribution in [-0.2, 0) is 0 Å². The molecule has 84 valence electrons. The molecule has 4 heteroatoms. The van der Waals surface area contributed by atoms with E-state index in [2.05, 4.69) is 16.0 Å². The van der Waals surface area contributed by atoms with Gasteiger partial charge in [-0.3, -0.25) is 0 Å². The molecular formula is C12H16N4. The zero-order valence-corrected chi connectivity index (χ0v) is 9.26. The SMILES string of the molecule is N#Cc1cccnc1N1CCC[C@H](CN)C1. The minimum Gasteiger partial charge on any atom is -0.355 e. The topological polar surface area (TPSA) is 65.9 Å². The lowest BCUT2D eigenvalue weighted by Crippen LogP contribution is -2.39. The maximum atomic E-state index is 9.03. The number of aromatic nitrogens is 1. The number of anilines is 1. The van der Waals surface area contributed by atoms with Crippen LogP contribution in [0.15, 0.2) is 18.3 Å². The van der Waals surface area contributed by atoms with Crippen molar-refractivity contribution in [3.8, 4) is 6.07 Å². The fourth-order valence-corrected chi connectivity index (χ4v) is 2.19. The summed E-state index contributed by atoms with van der Waals surface area (Å²) in [5, 5.41) is 9.03. The molecule has 16 heavy (non-hydrogen) atoms. The predicted octanol–water partition coefficient (Wildman–Crippen LogP) is 1.13. The van der Waals surface area contributed by atoms with Crippen LogP contribution in [0, 0.1) is 17.2 Å². The van der Waals surface area contributed by atoms with Gasteiger partial charge in [0, 0.05) is 19.3 Å². The Hall–Kier alpha value is -1.60. The molecule has 1 aromatic rings. The van der Waals surface area contributed by atoms with Crippen LogP contribution in [0.1, 0.15) is 18.4 Å². The average molecular weight is 216 g/mol. The van der Waals surface area contributed by atoms with Gasteiger partial charge in [0.2, 0.25) is 0 Å². The maximum absolute atomic E-state index is 9.03. The highest BCUT2D eigenvalue weighted by Gasteiger charge is 2.21. The molecule has 0 saturated carbocycles. The monoisotopic (exact) mass is 216 g/mol. The molecule has 0 bridgehead atoms. The molecule has 1 aromatic heterocycles. The largest absolute Gasteiger partial charge is 0.355 e.